The number of hydrogen-bond donors (Lipinski definition) is 5. The lowest BCUT2D eigenvalue weighted by atomic mass is 9.57. The largest absolute Gasteiger partial charge is 0.508 e. The number of H-pyrrole nitrogens is 1. The number of nitrogens with one attached hydrogen (secondary N) is 1. The zero-order chi connectivity index (χ0) is 24.7. The van der Waals surface area contributed by atoms with E-state index in [4.69, 9.17) is 5.73 Å². The fraction of sp³-hybridized carbons (Fsp3) is 0.333. The van der Waals surface area contributed by atoms with Gasteiger partial charge in [0.1, 0.15) is 17.1 Å². The van der Waals surface area contributed by atoms with Crippen molar-refractivity contribution in [3.63, 3.8) is 0 Å². The number of carbonyl (C=O) groups excluding carboxylic acids is 3. The number of aliphatic hydroxyl groups is 3. The van der Waals surface area contributed by atoms with Crippen LogP contribution >= 0.6 is 0 Å². The highest BCUT2D eigenvalue weighted by Gasteiger charge is 2.64. The molecule has 1 aromatic carbocycles. The summed E-state index contributed by atoms with van der Waals surface area (Å²) < 4.78 is 0. The molecule has 1 saturated carbocycles. The van der Waals surface area contributed by atoms with Crippen molar-refractivity contribution in [2.75, 3.05) is 14.1 Å². The molecule has 1 amide bonds. The molecule has 10 nitrogen and oxygen atoms in total. The van der Waals surface area contributed by atoms with Crippen molar-refractivity contribution in [3.8, 4) is 0 Å². The summed E-state index contributed by atoms with van der Waals surface area (Å²) in [5.74, 6) is -6.55. The van der Waals surface area contributed by atoms with E-state index in [1.165, 1.54) is 4.90 Å². The smallest absolute Gasteiger partial charge is 0.259 e. The molecule has 0 aliphatic heterocycles. The summed E-state index contributed by atoms with van der Waals surface area (Å²) in [6, 6.07) is 5.96. The number of benzene rings is 1. The van der Waals surface area contributed by atoms with Gasteiger partial charge in [-0.15, -0.1) is 0 Å². The molecule has 0 saturated heterocycles. The lowest BCUT2D eigenvalue weighted by Crippen LogP contribution is -2.65. The number of nitrogens with two attached hydrogens (primary N) is 1. The SMILES string of the molecule is CN(C)[C@@H]1C(=O)C(C(N)=O)=C(O)[C@@]2(O)C(=O)C3=C(O)c4c(c5ccccc5[nH]c4=O)C[C@H]3C[C@@H]12. The van der Waals surface area contributed by atoms with Crippen molar-refractivity contribution < 1.29 is 29.7 Å². The second kappa shape index (κ2) is 7.12. The normalized spacial score (nSPS) is 28.8. The number of aromatic amines is 1. The Labute approximate surface area is 193 Å². The third kappa shape index (κ3) is 2.63. The van der Waals surface area contributed by atoms with Gasteiger partial charge in [0.05, 0.1) is 11.6 Å². The van der Waals surface area contributed by atoms with Crippen LogP contribution in [0.4, 0.5) is 0 Å². The van der Waals surface area contributed by atoms with Crippen LogP contribution in [0.1, 0.15) is 17.5 Å². The predicted molar refractivity (Wildman–Crippen MR) is 121 cm³/mol. The first kappa shape index (κ1) is 22.1. The molecule has 176 valence electrons. The molecule has 5 rings (SSSR count). The highest BCUT2D eigenvalue weighted by molar-refractivity contribution is 6.24. The number of pyridine rings is 1. The highest BCUT2D eigenvalue weighted by Crippen LogP contribution is 2.51. The summed E-state index contributed by atoms with van der Waals surface area (Å²) in [5, 5.41) is 34.2. The van der Waals surface area contributed by atoms with E-state index in [9.17, 15) is 34.5 Å². The number of fused-ring (bicyclic) bond motifs is 5. The van der Waals surface area contributed by atoms with Gasteiger partial charge in [0.25, 0.3) is 11.5 Å². The quantitative estimate of drug-likeness (QED) is 0.388. The number of primary amides is 1. The molecule has 6 N–H and O–H groups in total. The Balaban J connectivity index is 1.79. The summed E-state index contributed by atoms with van der Waals surface area (Å²) in [5.41, 5.74) is 2.06. The highest BCUT2D eigenvalue weighted by atomic mass is 16.3. The molecule has 1 fully saturated rings. The van der Waals surface area contributed by atoms with E-state index < -0.39 is 63.6 Å². The Morgan fingerprint density at radius 2 is 1.85 bits per heavy atom. The summed E-state index contributed by atoms with van der Waals surface area (Å²) in [6.07, 6.45) is 0.242. The maximum absolute atomic E-state index is 13.7. The summed E-state index contributed by atoms with van der Waals surface area (Å²) in [7, 11) is 3.11. The van der Waals surface area contributed by atoms with Crippen LogP contribution < -0.4 is 11.3 Å². The first-order chi connectivity index (χ1) is 16.0. The number of ketones is 2. The van der Waals surface area contributed by atoms with Crippen LogP contribution in [-0.4, -0.2) is 68.4 Å². The molecule has 0 unspecified atom stereocenters. The molecule has 0 bridgehead atoms. The van der Waals surface area contributed by atoms with Crippen LogP contribution in [-0.2, 0) is 20.8 Å². The van der Waals surface area contributed by atoms with E-state index >= 15 is 0 Å². The Kier molecular flexibility index (Phi) is 4.62. The van der Waals surface area contributed by atoms with Crippen molar-refractivity contribution in [2.24, 2.45) is 17.6 Å². The van der Waals surface area contributed by atoms with Crippen molar-refractivity contribution in [3.05, 3.63) is 62.7 Å². The fourth-order valence-corrected chi connectivity index (χ4v) is 5.91. The molecule has 0 spiro atoms. The van der Waals surface area contributed by atoms with Gasteiger partial charge >= 0.3 is 0 Å². The van der Waals surface area contributed by atoms with E-state index in [1.54, 1.807) is 38.4 Å². The Bertz CT molecular complexity index is 1430. The number of hydrogen-bond acceptors (Lipinski definition) is 8. The van der Waals surface area contributed by atoms with E-state index in [1.807, 2.05) is 0 Å². The Hall–Kier alpha value is -3.76. The van der Waals surface area contributed by atoms with Crippen LogP contribution in [0, 0.1) is 11.8 Å². The minimum atomic E-state index is -2.66. The summed E-state index contributed by atoms with van der Waals surface area (Å²) in [6.45, 7) is 0. The molecule has 34 heavy (non-hydrogen) atoms. The zero-order valence-corrected chi connectivity index (χ0v) is 18.5. The molecule has 3 aliphatic rings. The van der Waals surface area contributed by atoms with Crippen LogP contribution in [0.3, 0.4) is 0 Å². The Morgan fingerprint density at radius 3 is 2.50 bits per heavy atom. The van der Waals surface area contributed by atoms with Crippen LogP contribution in [0.15, 0.2) is 46.0 Å². The lowest BCUT2D eigenvalue weighted by Gasteiger charge is -2.50. The molecule has 1 aromatic heterocycles. The number of nitrogens with zero attached hydrogens (tertiary/aromatic N) is 1. The molecule has 1 heterocycles. The topological polar surface area (TPSA) is 174 Å². The number of likely N-dealkylation sites (N-methyl/N-ethyl adjacent to an activating group) is 1. The van der Waals surface area contributed by atoms with Crippen LogP contribution in [0.25, 0.3) is 16.7 Å². The predicted octanol–water partition coefficient (Wildman–Crippen LogP) is 0.0999. The molecule has 0 radical (unpaired) electrons. The van der Waals surface area contributed by atoms with E-state index in [-0.39, 0.29) is 24.0 Å². The second-order valence-corrected chi connectivity index (χ2v) is 9.31. The maximum Gasteiger partial charge on any atom is 0.259 e. The average Bonchev–Trinajstić information content (AvgIpc) is 2.75. The third-order valence-corrected chi connectivity index (χ3v) is 7.34. The number of carbonyl (C=O) groups is 3. The van der Waals surface area contributed by atoms with Crippen LogP contribution in [0.5, 0.6) is 0 Å². The fourth-order valence-electron chi connectivity index (χ4n) is 5.91. The summed E-state index contributed by atoms with van der Waals surface area (Å²) in [4.78, 5) is 55.7. The van der Waals surface area contributed by atoms with Gasteiger partial charge in [-0.2, -0.15) is 0 Å². The number of aliphatic hydroxyl groups excluding tert-OH is 2. The van der Waals surface area contributed by atoms with E-state index in [0.29, 0.717) is 16.5 Å². The van der Waals surface area contributed by atoms with Gasteiger partial charge < -0.3 is 26.0 Å². The van der Waals surface area contributed by atoms with Gasteiger partial charge in [-0.1, -0.05) is 18.2 Å². The van der Waals surface area contributed by atoms with Gasteiger partial charge in [-0.3, -0.25) is 24.1 Å². The minimum Gasteiger partial charge on any atom is -0.508 e. The lowest BCUT2D eigenvalue weighted by molar-refractivity contribution is -0.153. The minimum absolute atomic E-state index is 0.0346. The van der Waals surface area contributed by atoms with Crippen LogP contribution in [0.2, 0.25) is 0 Å². The van der Waals surface area contributed by atoms with Gasteiger partial charge in [0, 0.05) is 22.4 Å². The number of para-hydroxylation sites is 1. The van der Waals surface area contributed by atoms with Gasteiger partial charge in [-0.25, -0.2) is 0 Å². The average molecular weight is 465 g/mol. The maximum atomic E-state index is 13.7. The molecular weight excluding hydrogens is 442 g/mol. The molecule has 10 heteroatoms. The number of aromatic nitrogens is 1. The van der Waals surface area contributed by atoms with Gasteiger partial charge in [0.15, 0.2) is 11.4 Å². The van der Waals surface area contributed by atoms with Crippen molar-refractivity contribution in [2.45, 2.75) is 24.5 Å². The first-order valence-corrected chi connectivity index (χ1v) is 10.8. The first-order valence-electron chi connectivity index (χ1n) is 10.8. The van der Waals surface area contributed by atoms with Crippen molar-refractivity contribution in [1.82, 2.24) is 9.88 Å². The van der Waals surface area contributed by atoms with Gasteiger partial charge in [-0.05, 0) is 44.5 Å². The second-order valence-electron chi connectivity index (χ2n) is 9.31. The van der Waals surface area contributed by atoms with Gasteiger partial charge in [0.2, 0.25) is 5.78 Å². The monoisotopic (exact) mass is 465 g/mol. The molecule has 4 atom stereocenters. The van der Waals surface area contributed by atoms with E-state index in [2.05, 4.69) is 4.98 Å². The standard InChI is InChI=1S/C24H23N3O7/c1-27(2)17-12-8-9-7-11-10-5-3-4-6-13(10)26-23(33)15(11)18(28)14(9)20(30)24(12,34)21(31)16(19(17)29)22(25)32/h3-6,9,12,17,28,31,34H,7-8H2,1-2H3,(H2,25,32)(H,26,33)/t9-,12-,17-,24-/m0/s1. The molecule has 3 aliphatic carbocycles. The molecule has 2 aromatic rings. The third-order valence-electron chi connectivity index (χ3n) is 7.34. The number of rotatable bonds is 2. The number of amides is 1. The zero-order valence-electron chi connectivity index (χ0n) is 18.5. The van der Waals surface area contributed by atoms with Crippen molar-refractivity contribution in [1.29, 1.82) is 0 Å². The molecular formula is C24H23N3O7. The number of Topliss-reactive ketones (excluding diaryl/α,β-unsaturated/α-hetero) is 2. The van der Waals surface area contributed by atoms with E-state index in [0.717, 1.165) is 0 Å². The Morgan fingerprint density at radius 1 is 1.18 bits per heavy atom. The summed E-state index contributed by atoms with van der Waals surface area (Å²) >= 11 is 0. The van der Waals surface area contributed by atoms with Crippen molar-refractivity contribution >= 4 is 34.1 Å².